The molecule has 0 aliphatic carbocycles. The zero-order valence-electron chi connectivity index (χ0n) is 13.5. The molecule has 0 aromatic carbocycles. The Balaban J connectivity index is 1.99. The standard InChI is InChI=1S/C17H17N3O4/c1-3-23-17(22)13-11(2)24-15-14(13)16(21)20(10-19-15)9-7-12-6-4-5-8-18-12/h4-6,8,10H,3,7,9H2,1-2H3. The summed E-state index contributed by atoms with van der Waals surface area (Å²) < 4.78 is 11.9. The van der Waals surface area contributed by atoms with E-state index in [-0.39, 0.29) is 28.8 Å². The molecule has 3 rings (SSSR count). The first kappa shape index (κ1) is 15.9. The normalized spacial score (nSPS) is 10.9. The lowest BCUT2D eigenvalue weighted by Crippen LogP contribution is -2.23. The van der Waals surface area contributed by atoms with Gasteiger partial charge in [-0.2, -0.15) is 0 Å². The van der Waals surface area contributed by atoms with Gasteiger partial charge in [0.05, 0.1) is 6.61 Å². The van der Waals surface area contributed by atoms with Gasteiger partial charge in [-0.1, -0.05) is 6.07 Å². The zero-order chi connectivity index (χ0) is 17.1. The number of pyridine rings is 1. The highest BCUT2D eigenvalue weighted by atomic mass is 16.5. The zero-order valence-corrected chi connectivity index (χ0v) is 13.5. The van der Waals surface area contributed by atoms with Crippen molar-refractivity contribution >= 4 is 17.1 Å². The molecule has 0 spiro atoms. The van der Waals surface area contributed by atoms with Crippen LogP contribution in [0.5, 0.6) is 0 Å². The second-order valence-corrected chi connectivity index (χ2v) is 5.25. The van der Waals surface area contributed by atoms with E-state index < -0.39 is 5.97 Å². The minimum atomic E-state index is -0.574. The Morgan fingerprint density at radius 1 is 1.33 bits per heavy atom. The van der Waals surface area contributed by atoms with Crippen molar-refractivity contribution in [3.63, 3.8) is 0 Å². The molecule has 7 heteroatoms. The molecule has 3 aromatic heterocycles. The van der Waals surface area contributed by atoms with Crippen LogP contribution in [-0.4, -0.2) is 27.1 Å². The van der Waals surface area contributed by atoms with E-state index in [1.807, 2.05) is 18.2 Å². The molecule has 0 amide bonds. The summed E-state index contributed by atoms with van der Waals surface area (Å²) in [6, 6.07) is 5.62. The number of nitrogens with zero attached hydrogens (tertiary/aromatic N) is 3. The van der Waals surface area contributed by atoms with Gasteiger partial charge in [0.2, 0.25) is 5.71 Å². The van der Waals surface area contributed by atoms with Crippen LogP contribution in [0.3, 0.4) is 0 Å². The van der Waals surface area contributed by atoms with Gasteiger partial charge in [-0.25, -0.2) is 9.78 Å². The summed E-state index contributed by atoms with van der Waals surface area (Å²) in [5, 5.41) is 0.162. The minimum absolute atomic E-state index is 0.148. The molecule has 0 radical (unpaired) electrons. The van der Waals surface area contributed by atoms with Crippen molar-refractivity contribution in [2.45, 2.75) is 26.8 Å². The summed E-state index contributed by atoms with van der Waals surface area (Å²) in [4.78, 5) is 33.2. The van der Waals surface area contributed by atoms with Crippen LogP contribution in [0.15, 0.2) is 39.9 Å². The van der Waals surface area contributed by atoms with Crippen LogP contribution in [-0.2, 0) is 17.7 Å². The fraction of sp³-hybridized carbons (Fsp3) is 0.294. The van der Waals surface area contributed by atoms with E-state index in [0.29, 0.717) is 18.7 Å². The Hall–Kier alpha value is -2.96. The van der Waals surface area contributed by atoms with Crippen molar-refractivity contribution in [1.82, 2.24) is 14.5 Å². The summed E-state index contributed by atoms with van der Waals surface area (Å²) in [7, 11) is 0. The van der Waals surface area contributed by atoms with Crippen LogP contribution in [0.25, 0.3) is 11.1 Å². The van der Waals surface area contributed by atoms with Gasteiger partial charge in [-0.15, -0.1) is 0 Å². The van der Waals surface area contributed by atoms with Crippen molar-refractivity contribution in [1.29, 1.82) is 0 Å². The van der Waals surface area contributed by atoms with Crippen LogP contribution in [0.4, 0.5) is 0 Å². The lowest BCUT2D eigenvalue weighted by Gasteiger charge is -2.05. The lowest BCUT2D eigenvalue weighted by molar-refractivity contribution is 0.0526. The van der Waals surface area contributed by atoms with E-state index in [1.54, 1.807) is 20.0 Å². The first-order chi connectivity index (χ1) is 11.6. The number of carbonyl (C=O) groups excluding carboxylic acids is 1. The van der Waals surface area contributed by atoms with Crippen molar-refractivity contribution in [2.75, 3.05) is 6.61 Å². The second-order valence-electron chi connectivity index (χ2n) is 5.25. The molecule has 0 saturated heterocycles. The minimum Gasteiger partial charge on any atom is -0.462 e. The van der Waals surface area contributed by atoms with Crippen molar-refractivity contribution in [2.24, 2.45) is 0 Å². The monoisotopic (exact) mass is 327 g/mol. The number of fused-ring (bicyclic) bond motifs is 1. The number of aromatic nitrogens is 3. The summed E-state index contributed by atoms with van der Waals surface area (Å²) in [6.45, 7) is 3.95. The molecule has 3 aromatic rings. The molecule has 0 saturated carbocycles. The fourth-order valence-electron chi connectivity index (χ4n) is 2.53. The number of furan rings is 1. The number of aryl methyl sites for hydroxylation is 3. The molecule has 124 valence electrons. The average molecular weight is 327 g/mol. The van der Waals surface area contributed by atoms with Gasteiger partial charge < -0.3 is 9.15 Å². The molecule has 0 aliphatic rings. The van der Waals surface area contributed by atoms with Gasteiger partial charge in [0.1, 0.15) is 23.0 Å². The topological polar surface area (TPSA) is 87.2 Å². The molecule has 0 N–H and O–H groups in total. The average Bonchev–Trinajstić information content (AvgIpc) is 2.92. The summed E-state index contributed by atoms with van der Waals surface area (Å²) >= 11 is 0. The second kappa shape index (κ2) is 6.66. The Morgan fingerprint density at radius 2 is 2.17 bits per heavy atom. The van der Waals surface area contributed by atoms with Gasteiger partial charge in [-0.3, -0.25) is 14.3 Å². The SMILES string of the molecule is CCOC(=O)c1c(C)oc2ncn(CCc3ccccn3)c(=O)c12. The third-order valence-electron chi connectivity index (χ3n) is 3.67. The highest BCUT2D eigenvalue weighted by Crippen LogP contribution is 2.21. The molecule has 0 aliphatic heterocycles. The molecular formula is C17H17N3O4. The summed E-state index contributed by atoms with van der Waals surface area (Å²) in [5.41, 5.74) is 0.848. The Morgan fingerprint density at radius 3 is 2.88 bits per heavy atom. The molecule has 24 heavy (non-hydrogen) atoms. The number of rotatable bonds is 5. The predicted octanol–water partition coefficient (Wildman–Crippen LogP) is 2.11. The first-order valence-electron chi connectivity index (χ1n) is 7.67. The molecule has 3 heterocycles. The van der Waals surface area contributed by atoms with E-state index in [0.717, 1.165) is 5.69 Å². The van der Waals surface area contributed by atoms with E-state index in [1.165, 1.54) is 10.9 Å². The maximum absolute atomic E-state index is 12.7. The highest BCUT2D eigenvalue weighted by molar-refractivity contribution is 6.03. The molecule has 0 bridgehead atoms. The maximum Gasteiger partial charge on any atom is 0.342 e. The molecule has 0 fully saturated rings. The van der Waals surface area contributed by atoms with E-state index in [4.69, 9.17) is 9.15 Å². The number of esters is 1. The number of hydrogen-bond donors (Lipinski definition) is 0. The number of carbonyl (C=O) groups is 1. The van der Waals surface area contributed by atoms with Crippen molar-refractivity contribution in [3.8, 4) is 0 Å². The van der Waals surface area contributed by atoms with Crippen molar-refractivity contribution < 1.29 is 13.9 Å². The molecule has 0 atom stereocenters. The highest BCUT2D eigenvalue weighted by Gasteiger charge is 2.23. The lowest BCUT2D eigenvalue weighted by atomic mass is 10.2. The van der Waals surface area contributed by atoms with E-state index >= 15 is 0 Å². The molecule has 0 unspecified atom stereocenters. The largest absolute Gasteiger partial charge is 0.462 e. The van der Waals surface area contributed by atoms with Gasteiger partial charge in [0, 0.05) is 24.9 Å². The van der Waals surface area contributed by atoms with Gasteiger partial charge in [-0.05, 0) is 26.0 Å². The predicted molar refractivity (Wildman–Crippen MR) is 86.9 cm³/mol. The number of ether oxygens (including phenoxy) is 1. The smallest absolute Gasteiger partial charge is 0.342 e. The number of hydrogen-bond acceptors (Lipinski definition) is 6. The van der Waals surface area contributed by atoms with Gasteiger partial charge >= 0.3 is 5.97 Å². The van der Waals surface area contributed by atoms with E-state index in [2.05, 4.69) is 9.97 Å². The van der Waals surface area contributed by atoms with Crippen LogP contribution >= 0.6 is 0 Å². The van der Waals surface area contributed by atoms with Gasteiger partial charge in [0.25, 0.3) is 5.56 Å². The Bertz CT molecular complexity index is 928. The quantitative estimate of drug-likeness (QED) is 0.667. The molecular weight excluding hydrogens is 310 g/mol. The third-order valence-corrected chi connectivity index (χ3v) is 3.67. The van der Waals surface area contributed by atoms with Crippen LogP contribution in [0.2, 0.25) is 0 Å². The third kappa shape index (κ3) is 2.92. The van der Waals surface area contributed by atoms with Crippen LogP contribution in [0, 0.1) is 6.92 Å². The van der Waals surface area contributed by atoms with Gasteiger partial charge in [0.15, 0.2) is 0 Å². The first-order valence-corrected chi connectivity index (χ1v) is 7.67. The Kier molecular flexibility index (Phi) is 4.41. The van der Waals surface area contributed by atoms with Crippen LogP contribution in [0.1, 0.15) is 28.7 Å². The summed E-state index contributed by atoms with van der Waals surface area (Å²) in [6.07, 6.45) is 3.71. The summed E-state index contributed by atoms with van der Waals surface area (Å²) in [5.74, 6) is -0.245. The van der Waals surface area contributed by atoms with Crippen molar-refractivity contribution in [3.05, 3.63) is 58.1 Å². The fourth-order valence-corrected chi connectivity index (χ4v) is 2.53. The Labute approximate surface area is 137 Å². The molecule has 7 nitrogen and oxygen atoms in total. The van der Waals surface area contributed by atoms with E-state index in [9.17, 15) is 9.59 Å². The van der Waals surface area contributed by atoms with Crippen LogP contribution < -0.4 is 5.56 Å². The maximum atomic E-state index is 12.7.